The lowest BCUT2D eigenvalue weighted by atomic mass is 9.83. The minimum absolute atomic E-state index is 0.0255. The van der Waals surface area contributed by atoms with Gasteiger partial charge in [0, 0.05) is 0 Å². The van der Waals surface area contributed by atoms with Gasteiger partial charge in [-0.1, -0.05) is 44.7 Å². The Labute approximate surface area is 169 Å². The Morgan fingerprint density at radius 1 is 1.18 bits per heavy atom. The van der Waals surface area contributed by atoms with Crippen LogP contribution in [0.15, 0.2) is 30.5 Å². The van der Waals surface area contributed by atoms with Crippen molar-refractivity contribution in [1.82, 2.24) is 15.3 Å². The summed E-state index contributed by atoms with van der Waals surface area (Å²) < 4.78 is 38.3. The maximum atomic E-state index is 12.8. The lowest BCUT2D eigenvalue weighted by molar-refractivity contribution is -0.137. The predicted octanol–water partition coefficient (Wildman–Crippen LogP) is 6.67. The summed E-state index contributed by atoms with van der Waals surface area (Å²) in [5, 5.41) is 3.52. The van der Waals surface area contributed by atoms with E-state index in [1.54, 1.807) is 6.20 Å². The van der Waals surface area contributed by atoms with Crippen molar-refractivity contribution in [1.29, 1.82) is 0 Å². The molecule has 154 valence electrons. The number of H-pyrrole nitrogens is 1. The van der Waals surface area contributed by atoms with Crippen molar-refractivity contribution < 1.29 is 13.2 Å². The lowest BCUT2D eigenvalue weighted by Crippen LogP contribution is -2.35. The Morgan fingerprint density at radius 2 is 1.86 bits per heavy atom. The Kier molecular flexibility index (Phi) is 7.05. The second-order valence-corrected chi connectivity index (χ2v) is 8.08. The smallest absolute Gasteiger partial charge is 0.341 e. The molecule has 0 aliphatic heterocycles. The number of aromatic nitrogens is 2. The van der Waals surface area contributed by atoms with Crippen LogP contribution in [-0.2, 0) is 6.18 Å². The summed E-state index contributed by atoms with van der Waals surface area (Å²) in [5.41, 5.74) is 0.622. The zero-order valence-corrected chi connectivity index (χ0v) is 16.8. The van der Waals surface area contributed by atoms with E-state index in [-0.39, 0.29) is 11.5 Å². The third-order valence-corrected chi connectivity index (χ3v) is 5.78. The number of hydrogen-bond acceptors (Lipinski definition) is 2. The number of halogens is 4. The molecule has 1 fully saturated rings. The highest BCUT2D eigenvalue weighted by atomic mass is 35.5. The van der Waals surface area contributed by atoms with Gasteiger partial charge in [0.15, 0.2) is 0 Å². The molecule has 0 radical (unpaired) electrons. The topological polar surface area (TPSA) is 40.7 Å². The summed E-state index contributed by atoms with van der Waals surface area (Å²) in [7, 11) is 0. The number of aromatic amines is 1. The van der Waals surface area contributed by atoms with Crippen molar-refractivity contribution >= 4 is 11.6 Å². The predicted molar refractivity (Wildman–Crippen MR) is 106 cm³/mol. The summed E-state index contributed by atoms with van der Waals surface area (Å²) >= 11 is 6.47. The number of alkyl halides is 4. The molecule has 0 spiro atoms. The van der Waals surface area contributed by atoms with Crippen molar-refractivity contribution in [2.24, 2.45) is 5.92 Å². The number of nitrogens with zero attached hydrogens (tertiary/aromatic N) is 1. The molecule has 28 heavy (non-hydrogen) atoms. The van der Waals surface area contributed by atoms with E-state index in [0.29, 0.717) is 17.2 Å². The first-order valence-electron chi connectivity index (χ1n) is 10.0. The first kappa shape index (κ1) is 21.2. The Balaban J connectivity index is 1.81. The molecule has 1 aromatic heterocycles. The van der Waals surface area contributed by atoms with E-state index >= 15 is 0 Å². The van der Waals surface area contributed by atoms with Gasteiger partial charge in [0.05, 0.1) is 29.0 Å². The molecule has 0 bridgehead atoms. The van der Waals surface area contributed by atoms with E-state index in [4.69, 9.17) is 11.6 Å². The molecule has 1 aromatic carbocycles. The summed E-state index contributed by atoms with van der Waals surface area (Å²) in [4.78, 5) is 7.87. The number of imidazole rings is 1. The lowest BCUT2D eigenvalue weighted by Gasteiger charge is -2.31. The fourth-order valence-electron chi connectivity index (χ4n) is 3.92. The zero-order chi connectivity index (χ0) is 20.1. The van der Waals surface area contributed by atoms with Crippen molar-refractivity contribution in [3.05, 3.63) is 41.9 Å². The van der Waals surface area contributed by atoms with Crippen LogP contribution < -0.4 is 5.32 Å². The van der Waals surface area contributed by atoms with Crippen molar-refractivity contribution in [3.8, 4) is 11.3 Å². The second kappa shape index (κ2) is 9.31. The summed E-state index contributed by atoms with van der Waals surface area (Å²) in [6, 6.07) is 5.18. The minimum Gasteiger partial charge on any atom is -0.341 e. The van der Waals surface area contributed by atoms with Gasteiger partial charge >= 0.3 is 6.18 Å². The van der Waals surface area contributed by atoms with Gasteiger partial charge in [-0.2, -0.15) is 13.2 Å². The second-order valence-electron chi connectivity index (χ2n) is 7.56. The molecule has 1 aliphatic rings. The summed E-state index contributed by atoms with van der Waals surface area (Å²) in [5.74, 6) is 1.27. The van der Waals surface area contributed by atoms with E-state index < -0.39 is 11.7 Å². The molecule has 3 nitrogen and oxygen atoms in total. The molecule has 1 unspecified atom stereocenters. The number of hydrogen-bond donors (Lipinski definition) is 2. The molecule has 2 atom stereocenters. The standard InChI is InChI=1S/C21H27ClF3N3/c1-2-6-18(22)28-19(15-7-4-3-5-8-15)20-26-13-17(27-20)14-9-11-16(12-10-14)21(23,24)25/h9-13,15,18-19,28H,2-8H2,1H3,(H,26,27)/t18?,19-/m0/s1. The quantitative estimate of drug-likeness (QED) is 0.393. The molecule has 2 N–H and O–H groups in total. The normalized spacial score (nSPS) is 18.2. The zero-order valence-electron chi connectivity index (χ0n) is 16.0. The van der Waals surface area contributed by atoms with Gasteiger partial charge in [0.25, 0.3) is 0 Å². The van der Waals surface area contributed by atoms with E-state index in [2.05, 4.69) is 22.2 Å². The van der Waals surface area contributed by atoms with Crippen LogP contribution in [0.25, 0.3) is 11.3 Å². The average molecular weight is 414 g/mol. The van der Waals surface area contributed by atoms with Gasteiger partial charge < -0.3 is 4.98 Å². The Morgan fingerprint density at radius 3 is 2.46 bits per heavy atom. The van der Waals surface area contributed by atoms with E-state index in [0.717, 1.165) is 43.6 Å². The van der Waals surface area contributed by atoms with Crippen molar-refractivity contribution in [3.63, 3.8) is 0 Å². The van der Waals surface area contributed by atoms with Crippen LogP contribution >= 0.6 is 11.6 Å². The monoisotopic (exact) mass is 413 g/mol. The molecule has 1 saturated carbocycles. The number of benzene rings is 1. The summed E-state index contributed by atoms with van der Waals surface area (Å²) in [6.45, 7) is 2.10. The number of nitrogens with one attached hydrogen (secondary N) is 2. The van der Waals surface area contributed by atoms with Crippen LogP contribution in [0.2, 0.25) is 0 Å². The maximum absolute atomic E-state index is 12.8. The first-order chi connectivity index (χ1) is 13.4. The van der Waals surface area contributed by atoms with Crippen LogP contribution in [0.1, 0.15) is 69.3 Å². The molecule has 7 heteroatoms. The molecule has 0 saturated heterocycles. The van der Waals surface area contributed by atoms with Crippen LogP contribution in [-0.4, -0.2) is 15.5 Å². The van der Waals surface area contributed by atoms with Gasteiger partial charge in [-0.05, 0) is 42.9 Å². The van der Waals surface area contributed by atoms with E-state index in [9.17, 15) is 13.2 Å². The molecule has 1 heterocycles. The average Bonchev–Trinajstić information content (AvgIpc) is 3.16. The van der Waals surface area contributed by atoms with E-state index in [1.807, 2.05) is 0 Å². The first-order valence-corrected chi connectivity index (χ1v) is 10.4. The molecule has 3 rings (SSSR count). The largest absolute Gasteiger partial charge is 0.416 e. The van der Waals surface area contributed by atoms with Crippen molar-refractivity contribution in [2.45, 2.75) is 69.6 Å². The molecule has 2 aromatic rings. The number of rotatable bonds is 7. The van der Waals surface area contributed by atoms with Gasteiger partial charge in [0.1, 0.15) is 5.82 Å². The van der Waals surface area contributed by atoms with Gasteiger partial charge in [0.2, 0.25) is 0 Å². The Hall–Kier alpha value is -1.53. The van der Waals surface area contributed by atoms with E-state index in [1.165, 1.54) is 31.4 Å². The van der Waals surface area contributed by atoms with Crippen LogP contribution in [0, 0.1) is 5.92 Å². The highest BCUT2D eigenvalue weighted by molar-refractivity contribution is 6.20. The third-order valence-electron chi connectivity index (χ3n) is 5.44. The third kappa shape index (κ3) is 5.29. The van der Waals surface area contributed by atoms with Gasteiger partial charge in [-0.15, -0.1) is 11.6 Å². The fourth-order valence-corrected chi connectivity index (χ4v) is 4.27. The molecular formula is C21H27ClF3N3. The Bertz CT molecular complexity index is 736. The van der Waals surface area contributed by atoms with Gasteiger partial charge in [-0.3, -0.25) is 5.32 Å². The summed E-state index contributed by atoms with van der Waals surface area (Å²) in [6.07, 6.45) is 5.16. The maximum Gasteiger partial charge on any atom is 0.416 e. The highest BCUT2D eigenvalue weighted by Crippen LogP contribution is 2.35. The molecular weight excluding hydrogens is 387 g/mol. The molecule has 0 amide bonds. The SMILES string of the molecule is CCCC(Cl)N[C@H](c1ncc(-c2ccc(C(F)(F)F)cc2)[nH]1)C1CCCCC1. The van der Waals surface area contributed by atoms with Crippen LogP contribution in [0.3, 0.4) is 0 Å². The van der Waals surface area contributed by atoms with Crippen molar-refractivity contribution in [2.75, 3.05) is 0 Å². The van der Waals surface area contributed by atoms with Crippen LogP contribution in [0.4, 0.5) is 13.2 Å². The van der Waals surface area contributed by atoms with Crippen LogP contribution in [0.5, 0.6) is 0 Å². The minimum atomic E-state index is -4.33. The highest BCUT2D eigenvalue weighted by Gasteiger charge is 2.31. The molecule has 1 aliphatic carbocycles. The van der Waals surface area contributed by atoms with Gasteiger partial charge in [-0.25, -0.2) is 4.98 Å². The fraction of sp³-hybridized carbons (Fsp3) is 0.571.